The van der Waals surface area contributed by atoms with Gasteiger partial charge >= 0.3 is 0 Å². The van der Waals surface area contributed by atoms with E-state index in [9.17, 15) is 9.59 Å². The Kier molecular flexibility index (Phi) is 6.60. The standard InChI is InChI=1S/C24H29N7O4/c1-34-16-8-19-18(27-9-16)6-7-23(33)31(19)12-17(25)14-2-4-15(5-3-14)26-11-21-28-10-20-24(29-21)30-22(32)13-35-20/h6-10,14-15,17,26H,2-5,11-13,25H2,1H3,(H,28,29,30,32)/t14-,15-,17-/m0/s1. The summed E-state index contributed by atoms with van der Waals surface area (Å²) in [6, 6.07) is 5.28. The molecule has 0 aromatic carbocycles. The molecule has 5 rings (SSSR count). The summed E-state index contributed by atoms with van der Waals surface area (Å²) in [5.74, 6) is 2.22. The summed E-state index contributed by atoms with van der Waals surface area (Å²) in [5.41, 5.74) is 7.97. The second kappa shape index (κ2) is 9.96. The number of rotatable bonds is 7. The molecule has 0 saturated heterocycles. The van der Waals surface area contributed by atoms with Gasteiger partial charge in [0.25, 0.3) is 11.5 Å². The highest BCUT2D eigenvalue weighted by atomic mass is 16.5. The van der Waals surface area contributed by atoms with Gasteiger partial charge < -0.3 is 30.4 Å². The molecule has 1 amide bonds. The number of aromatic nitrogens is 4. The summed E-state index contributed by atoms with van der Waals surface area (Å²) in [6.45, 7) is 0.925. The van der Waals surface area contributed by atoms with Gasteiger partial charge in [0.2, 0.25) is 0 Å². The van der Waals surface area contributed by atoms with Crippen molar-refractivity contribution in [3.05, 3.63) is 46.8 Å². The maximum absolute atomic E-state index is 12.6. The van der Waals surface area contributed by atoms with E-state index in [1.807, 2.05) is 6.07 Å². The number of ether oxygens (including phenoxy) is 2. The summed E-state index contributed by atoms with van der Waals surface area (Å²) in [7, 11) is 1.58. The molecule has 4 N–H and O–H groups in total. The molecule has 1 aliphatic heterocycles. The quantitative estimate of drug-likeness (QED) is 0.455. The molecule has 0 radical (unpaired) electrons. The summed E-state index contributed by atoms with van der Waals surface area (Å²) in [5, 5.41) is 6.22. The van der Waals surface area contributed by atoms with Crippen LogP contribution in [0.3, 0.4) is 0 Å². The maximum Gasteiger partial charge on any atom is 0.263 e. The number of hydrogen-bond acceptors (Lipinski definition) is 9. The third-order valence-corrected chi connectivity index (χ3v) is 6.79. The van der Waals surface area contributed by atoms with E-state index in [1.165, 1.54) is 6.07 Å². The van der Waals surface area contributed by atoms with E-state index >= 15 is 0 Å². The average Bonchev–Trinajstić information content (AvgIpc) is 2.88. The van der Waals surface area contributed by atoms with Crippen molar-refractivity contribution in [2.75, 3.05) is 19.0 Å². The van der Waals surface area contributed by atoms with Gasteiger partial charge in [-0.15, -0.1) is 0 Å². The first-order valence-corrected chi connectivity index (χ1v) is 11.8. The third-order valence-electron chi connectivity index (χ3n) is 6.79. The molecule has 3 aromatic rings. The fraction of sp³-hybridized carbons (Fsp3) is 0.458. The number of carbonyl (C=O) groups excluding carboxylic acids is 1. The smallest absolute Gasteiger partial charge is 0.263 e. The number of hydrogen-bond donors (Lipinski definition) is 3. The molecule has 1 atom stereocenters. The van der Waals surface area contributed by atoms with Gasteiger partial charge in [-0.25, -0.2) is 9.97 Å². The normalized spacial score (nSPS) is 20.6. The van der Waals surface area contributed by atoms with Crippen molar-refractivity contribution in [2.45, 2.75) is 50.9 Å². The molecule has 11 heteroatoms. The van der Waals surface area contributed by atoms with Crippen molar-refractivity contribution in [1.29, 1.82) is 0 Å². The molecule has 184 valence electrons. The van der Waals surface area contributed by atoms with E-state index in [0.717, 1.165) is 36.7 Å². The van der Waals surface area contributed by atoms with Crippen LogP contribution in [-0.2, 0) is 17.9 Å². The first kappa shape index (κ1) is 23.2. The monoisotopic (exact) mass is 479 g/mol. The van der Waals surface area contributed by atoms with Crippen LogP contribution in [0.1, 0.15) is 31.5 Å². The van der Waals surface area contributed by atoms with E-state index in [0.29, 0.717) is 48.2 Å². The van der Waals surface area contributed by atoms with Gasteiger partial charge in [-0.05, 0) is 37.7 Å². The van der Waals surface area contributed by atoms with Gasteiger partial charge in [-0.2, -0.15) is 0 Å². The second-order valence-electron chi connectivity index (χ2n) is 9.05. The summed E-state index contributed by atoms with van der Waals surface area (Å²) in [6.07, 6.45) is 7.12. The van der Waals surface area contributed by atoms with E-state index in [-0.39, 0.29) is 24.1 Å². The largest absolute Gasteiger partial charge is 0.495 e. The van der Waals surface area contributed by atoms with Crippen molar-refractivity contribution >= 4 is 22.8 Å². The SMILES string of the molecule is COc1cnc2ccc(=O)n(C[C@H](N)[C@H]3CC[C@H](NCc4ncc5c(n4)NC(=O)CO5)CC3)c2c1. The molecule has 4 heterocycles. The highest BCUT2D eigenvalue weighted by Crippen LogP contribution is 2.28. The molecule has 1 fully saturated rings. The molecular formula is C24H29N7O4. The Labute approximate surface area is 202 Å². The number of anilines is 1. The molecule has 1 saturated carbocycles. The number of methoxy groups -OCH3 is 1. The Morgan fingerprint density at radius 2 is 2.06 bits per heavy atom. The lowest BCUT2D eigenvalue weighted by molar-refractivity contribution is -0.118. The lowest BCUT2D eigenvalue weighted by Crippen LogP contribution is -2.42. The van der Waals surface area contributed by atoms with Crippen molar-refractivity contribution in [2.24, 2.45) is 11.7 Å². The molecular weight excluding hydrogens is 450 g/mol. The minimum atomic E-state index is -0.217. The predicted molar refractivity (Wildman–Crippen MR) is 129 cm³/mol. The zero-order valence-electron chi connectivity index (χ0n) is 19.6. The van der Waals surface area contributed by atoms with Gasteiger partial charge in [0.1, 0.15) is 11.6 Å². The second-order valence-corrected chi connectivity index (χ2v) is 9.05. The third kappa shape index (κ3) is 5.10. The highest BCUT2D eigenvalue weighted by Gasteiger charge is 2.27. The zero-order valence-corrected chi connectivity index (χ0v) is 19.6. The Hall–Kier alpha value is -3.57. The minimum Gasteiger partial charge on any atom is -0.495 e. The van der Waals surface area contributed by atoms with Crippen LogP contribution in [0, 0.1) is 5.92 Å². The summed E-state index contributed by atoms with van der Waals surface area (Å²) in [4.78, 5) is 37.2. The molecule has 0 bridgehead atoms. The van der Waals surface area contributed by atoms with Crippen LogP contribution < -0.4 is 31.4 Å². The molecule has 11 nitrogen and oxygen atoms in total. The number of amides is 1. The van der Waals surface area contributed by atoms with Gasteiger partial charge in [0.05, 0.1) is 37.1 Å². The van der Waals surface area contributed by atoms with Crippen molar-refractivity contribution in [3.63, 3.8) is 0 Å². The van der Waals surface area contributed by atoms with E-state index in [1.54, 1.807) is 30.1 Å². The molecule has 2 aliphatic rings. The summed E-state index contributed by atoms with van der Waals surface area (Å²) >= 11 is 0. The van der Waals surface area contributed by atoms with Crippen LogP contribution in [0.4, 0.5) is 5.82 Å². The molecule has 35 heavy (non-hydrogen) atoms. The van der Waals surface area contributed by atoms with Crippen LogP contribution in [0.15, 0.2) is 35.4 Å². The Morgan fingerprint density at radius 3 is 2.86 bits per heavy atom. The predicted octanol–water partition coefficient (Wildman–Crippen LogP) is 1.20. The van der Waals surface area contributed by atoms with Gasteiger partial charge in [-0.3, -0.25) is 14.6 Å². The van der Waals surface area contributed by atoms with Crippen molar-refractivity contribution in [1.82, 2.24) is 24.8 Å². The van der Waals surface area contributed by atoms with Crippen LogP contribution in [-0.4, -0.2) is 51.2 Å². The first-order chi connectivity index (χ1) is 17.0. The zero-order chi connectivity index (χ0) is 24.4. The molecule has 1 aliphatic carbocycles. The van der Waals surface area contributed by atoms with Gasteiger partial charge in [0.15, 0.2) is 18.2 Å². The molecule has 0 unspecified atom stereocenters. The Bertz CT molecular complexity index is 1290. The fourth-order valence-electron chi connectivity index (χ4n) is 4.79. The van der Waals surface area contributed by atoms with E-state index < -0.39 is 0 Å². The van der Waals surface area contributed by atoms with Crippen LogP contribution in [0.2, 0.25) is 0 Å². The van der Waals surface area contributed by atoms with Gasteiger partial charge in [0, 0.05) is 30.8 Å². The number of pyridine rings is 2. The minimum absolute atomic E-state index is 0.0143. The summed E-state index contributed by atoms with van der Waals surface area (Å²) < 4.78 is 12.3. The fourth-order valence-corrected chi connectivity index (χ4v) is 4.79. The van der Waals surface area contributed by atoms with E-state index in [4.69, 9.17) is 15.2 Å². The van der Waals surface area contributed by atoms with Crippen molar-refractivity contribution < 1.29 is 14.3 Å². The molecule has 3 aromatic heterocycles. The number of nitrogens with two attached hydrogens (primary N) is 1. The Morgan fingerprint density at radius 1 is 1.23 bits per heavy atom. The highest BCUT2D eigenvalue weighted by molar-refractivity contribution is 5.94. The number of fused-ring (bicyclic) bond motifs is 2. The maximum atomic E-state index is 12.6. The van der Waals surface area contributed by atoms with Crippen LogP contribution >= 0.6 is 0 Å². The average molecular weight is 480 g/mol. The number of carbonyl (C=O) groups is 1. The Balaban J connectivity index is 1.17. The lowest BCUT2D eigenvalue weighted by Gasteiger charge is -2.33. The lowest BCUT2D eigenvalue weighted by atomic mass is 9.81. The number of nitrogens with zero attached hydrogens (tertiary/aromatic N) is 4. The number of nitrogens with one attached hydrogen (secondary N) is 2. The van der Waals surface area contributed by atoms with Crippen molar-refractivity contribution in [3.8, 4) is 11.5 Å². The van der Waals surface area contributed by atoms with E-state index in [2.05, 4.69) is 25.6 Å². The first-order valence-electron chi connectivity index (χ1n) is 11.8. The van der Waals surface area contributed by atoms with Crippen LogP contribution in [0.25, 0.3) is 11.0 Å². The van der Waals surface area contributed by atoms with Crippen LogP contribution in [0.5, 0.6) is 11.5 Å². The topological polar surface area (TPSA) is 146 Å². The molecule has 0 spiro atoms. The van der Waals surface area contributed by atoms with Gasteiger partial charge in [-0.1, -0.05) is 0 Å².